The highest BCUT2D eigenvalue weighted by Gasteiger charge is 2.27. The van der Waals surface area contributed by atoms with Crippen LogP contribution in [0.15, 0.2) is 12.1 Å². The molecule has 1 atom stereocenters. The molecule has 26 heavy (non-hydrogen) atoms. The second-order valence-corrected chi connectivity index (χ2v) is 6.22. The monoisotopic (exact) mass is 408 g/mol. The van der Waals surface area contributed by atoms with E-state index < -0.39 is 0 Å². The highest BCUT2D eigenvalue weighted by atomic mass is 35.5. The number of nitrogens with one attached hydrogen (secondary N) is 1. The van der Waals surface area contributed by atoms with Gasteiger partial charge in [0.2, 0.25) is 5.75 Å². The van der Waals surface area contributed by atoms with Gasteiger partial charge in [-0.25, -0.2) is 0 Å². The fourth-order valence-corrected chi connectivity index (χ4v) is 3.50. The van der Waals surface area contributed by atoms with E-state index in [1.54, 1.807) is 21.3 Å². The van der Waals surface area contributed by atoms with Crippen LogP contribution in [-0.4, -0.2) is 52.4 Å². The molecule has 2 rings (SSSR count). The maximum absolute atomic E-state index is 5.74. The average molecular weight is 409 g/mol. The summed E-state index contributed by atoms with van der Waals surface area (Å²) in [5.74, 6) is 2.20. The Labute approximate surface area is 170 Å². The van der Waals surface area contributed by atoms with Gasteiger partial charge in [0.25, 0.3) is 0 Å². The predicted octanol–water partition coefficient (Wildman–Crippen LogP) is 4.08. The number of hydrogen-bond acceptors (Lipinski definition) is 5. The van der Waals surface area contributed by atoms with Crippen LogP contribution in [-0.2, 0) is 0 Å². The quantitative estimate of drug-likeness (QED) is 0.623. The molecule has 0 aromatic heterocycles. The van der Waals surface area contributed by atoms with Crippen molar-refractivity contribution >= 4 is 24.8 Å². The van der Waals surface area contributed by atoms with Gasteiger partial charge in [-0.1, -0.05) is 26.2 Å². The lowest BCUT2D eigenvalue weighted by molar-refractivity contribution is 0.159. The molecule has 1 N–H and O–H groups in total. The zero-order valence-corrected chi connectivity index (χ0v) is 18.0. The van der Waals surface area contributed by atoms with Crippen LogP contribution in [0.1, 0.15) is 44.2 Å². The van der Waals surface area contributed by atoms with Gasteiger partial charge in [-0.2, -0.15) is 0 Å². The Balaban J connectivity index is 0.00000312. The molecule has 0 unspecified atom stereocenters. The molecule has 1 aliphatic rings. The molecule has 1 heterocycles. The largest absolute Gasteiger partial charge is 0.493 e. The van der Waals surface area contributed by atoms with Crippen molar-refractivity contribution in [2.24, 2.45) is 0 Å². The van der Waals surface area contributed by atoms with E-state index in [0.717, 1.165) is 38.3 Å². The first kappa shape index (κ1) is 25.1. The molecular weight excluding hydrogens is 375 g/mol. The summed E-state index contributed by atoms with van der Waals surface area (Å²) in [5.41, 5.74) is 1.20. The normalized spacial score (nSPS) is 15.4. The van der Waals surface area contributed by atoms with Crippen molar-refractivity contribution in [2.75, 3.05) is 47.5 Å². The molecule has 1 aliphatic heterocycles. The molecule has 7 heteroatoms. The van der Waals surface area contributed by atoms with E-state index in [-0.39, 0.29) is 24.8 Å². The third kappa shape index (κ3) is 6.08. The average Bonchev–Trinajstić information content (AvgIpc) is 2.64. The summed E-state index contributed by atoms with van der Waals surface area (Å²) < 4.78 is 16.8. The number of hydrogen-bond donors (Lipinski definition) is 1. The van der Waals surface area contributed by atoms with Crippen molar-refractivity contribution in [3.63, 3.8) is 0 Å². The Morgan fingerprint density at radius 2 is 1.62 bits per heavy atom. The molecule has 1 aromatic carbocycles. The minimum Gasteiger partial charge on any atom is -0.493 e. The Hall–Kier alpha value is -0.880. The van der Waals surface area contributed by atoms with Crippen LogP contribution in [0, 0.1) is 0 Å². The van der Waals surface area contributed by atoms with Gasteiger partial charge in [-0.05, 0) is 18.6 Å². The maximum Gasteiger partial charge on any atom is 0.203 e. The van der Waals surface area contributed by atoms with Gasteiger partial charge in [-0.3, -0.25) is 4.90 Å². The van der Waals surface area contributed by atoms with Crippen LogP contribution >= 0.6 is 24.8 Å². The van der Waals surface area contributed by atoms with Crippen molar-refractivity contribution < 1.29 is 14.2 Å². The summed E-state index contributed by atoms with van der Waals surface area (Å²) in [7, 11) is 5.04. The lowest BCUT2D eigenvalue weighted by Gasteiger charge is -2.36. The van der Waals surface area contributed by atoms with Gasteiger partial charge in [-0.15, -0.1) is 24.8 Å². The SMILES string of the molecule is CCCCC[C@@H](c1ccc(OC)c(OC)c1OC)N1CCNCC1.Cl.Cl. The number of rotatable bonds is 9. The van der Waals surface area contributed by atoms with Gasteiger partial charge < -0.3 is 19.5 Å². The summed E-state index contributed by atoms with van der Waals surface area (Å²) in [6.45, 7) is 6.46. The Bertz CT molecular complexity index is 512. The number of benzene rings is 1. The van der Waals surface area contributed by atoms with Crippen LogP contribution in [0.2, 0.25) is 0 Å². The number of nitrogens with zero attached hydrogens (tertiary/aromatic N) is 1. The third-order valence-electron chi connectivity index (χ3n) is 4.77. The molecule has 1 aromatic rings. The van der Waals surface area contributed by atoms with E-state index in [1.165, 1.54) is 24.8 Å². The highest BCUT2D eigenvalue weighted by molar-refractivity contribution is 5.85. The third-order valence-corrected chi connectivity index (χ3v) is 4.77. The zero-order valence-electron chi connectivity index (χ0n) is 16.4. The van der Waals surface area contributed by atoms with E-state index in [2.05, 4.69) is 23.2 Å². The lowest BCUT2D eigenvalue weighted by Crippen LogP contribution is -2.45. The van der Waals surface area contributed by atoms with Gasteiger partial charge >= 0.3 is 0 Å². The fraction of sp³-hybridized carbons (Fsp3) is 0.684. The topological polar surface area (TPSA) is 43.0 Å². The number of piperazine rings is 1. The fourth-order valence-electron chi connectivity index (χ4n) is 3.50. The van der Waals surface area contributed by atoms with Crippen molar-refractivity contribution in [2.45, 2.75) is 38.6 Å². The standard InChI is InChI=1S/C19H32N2O3.2ClH/c1-5-6-7-8-16(21-13-11-20-12-14-21)15-9-10-17(22-2)19(24-4)18(15)23-3;;/h9-10,16,20H,5-8,11-14H2,1-4H3;2*1H/t16-;;/m0../s1. The van der Waals surface area contributed by atoms with E-state index in [0.29, 0.717) is 17.5 Å². The summed E-state index contributed by atoms with van der Waals surface area (Å²) in [5, 5.41) is 3.44. The molecule has 0 aliphatic carbocycles. The van der Waals surface area contributed by atoms with Crippen LogP contribution in [0.25, 0.3) is 0 Å². The molecule has 0 amide bonds. The van der Waals surface area contributed by atoms with Gasteiger partial charge in [0.15, 0.2) is 11.5 Å². The van der Waals surface area contributed by atoms with E-state index in [1.807, 2.05) is 6.07 Å². The van der Waals surface area contributed by atoms with Crippen molar-refractivity contribution in [1.82, 2.24) is 10.2 Å². The smallest absolute Gasteiger partial charge is 0.203 e. The maximum atomic E-state index is 5.74. The lowest BCUT2D eigenvalue weighted by atomic mass is 9.96. The zero-order chi connectivity index (χ0) is 17.4. The van der Waals surface area contributed by atoms with Crippen molar-refractivity contribution in [3.05, 3.63) is 17.7 Å². The van der Waals surface area contributed by atoms with Crippen molar-refractivity contribution in [3.8, 4) is 17.2 Å². The van der Waals surface area contributed by atoms with Crippen LogP contribution in [0.4, 0.5) is 0 Å². The Morgan fingerprint density at radius 3 is 2.15 bits per heavy atom. The van der Waals surface area contributed by atoms with Gasteiger partial charge in [0.05, 0.1) is 21.3 Å². The first-order valence-electron chi connectivity index (χ1n) is 9.00. The van der Waals surface area contributed by atoms with Crippen molar-refractivity contribution in [1.29, 1.82) is 0 Å². The van der Waals surface area contributed by atoms with Gasteiger partial charge in [0.1, 0.15) is 0 Å². The first-order chi connectivity index (χ1) is 11.8. The molecule has 0 bridgehead atoms. The second kappa shape index (κ2) is 13.3. The van der Waals surface area contributed by atoms with Gasteiger partial charge in [0, 0.05) is 37.8 Å². The van der Waals surface area contributed by atoms with E-state index in [4.69, 9.17) is 14.2 Å². The van der Waals surface area contributed by atoms with Crippen LogP contribution in [0.3, 0.4) is 0 Å². The summed E-state index contributed by atoms with van der Waals surface area (Å²) in [4.78, 5) is 2.57. The summed E-state index contributed by atoms with van der Waals surface area (Å²) in [6, 6.07) is 4.48. The molecule has 1 fully saturated rings. The molecule has 0 saturated carbocycles. The molecule has 0 radical (unpaired) electrons. The Morgan fingerprint density at radius 1 is 0.962 bits per heavy atom. The minimum absolute atomic E-state index is 0. The number of unbranched alkanes of at least 4 members (excludes halogenated alkanes) is 2. The number of methoxy groups -OCH3 is 3. The predicted molar refractivity (Wildman–Crippen MR) is 112 cm³/mol. The summed E-state index contributed by atoms with van der Waals surface area (Å²) >= 11 is 0. The number of halogens is 2. The second-order valence-electron chi connectivity index (χ2n) is 6.22. The molecule has 152 valence electrons. The van der Waals surface area contributed by atoms with Crippen LogP contribution in [0.5, 0.6) is 17.2 Å². The van der Waals surface area contributed by atoms with Crippen LogP contribution < -0.4 is 19.5 Å². The summed E-state index contributed by atoms with van der Waals surface area (Å²) in [6.07, 6.45) is 4.86. The molecule has 0 spiro atoms. The highest BCUT2D eigenvalue weighted by Crippen LogP contribution is 2.44. The number of ether oxygens (including phenoxy) is 3. The molecule has 5 nitrogen and oxygen atoms in total. The Kier molecular flexibility index (Phi) is 12.9. The molecular formula is C19H34Cl2N2O3. The minimum atomic E-state index is 0. The van der Waals surface area contributed by atoms with E-state index >= 15 is 0 Å². The first-order valence-corrected chi connectivity index (χ1v) is 9.00. The molecule has 1 saturated heterocycles. The van der Waals surface area contributed by atoms with E-state index in [9.17, 15) is 0 Å².